The van der Waals surface area contributed by atoms with Crippen molar-refractivity contribution < 1.29 is 19.1 Å². The third kappa shape index (κ3) is 4.68. The Labute approximate surface area is 183 Å². The smallest absolute Gasteiger partial charge is 0.229 e. The average molecular weight is 423 g/mol. The van der Waals surface area contributed by atoms with E-state index in [2.05, 4.69) is 48.2 Å². The fourth-order valence-electron chi connectivity index (χ4n) is 4.37. The van der Waals surface area contributed by atoms with Crippen molar-refractivity contribution >= 4 is 17.5 Å². The van der Waals surface area contributed by atoms with Crippen LogP contribution in [0.3, 0.4) is 0 Å². The van der Waals surface area contributed by atoms with Crippen LogP contribution in [0, 0.1) is 0 Å². The molecule has 2 aromatic rings. The molecule has 2 amide bonds. The van der Waals surface area contributed by atoms with Gasteiger partial charge >= 0.3 is 0 Å². The van der Waals surface area contributed by atoms with Crippen LogP contribution in [0.15, 0.2) is 36.4 Å². The topological polar surface area (TPSA) is 59.1 Å². The van der Waals surface area contributed by atoms with Gasteiger partial charge in [-0.3, -0.25) is 14.5 Å². The molecule has 2 heterocycles. The summed E-state index contributed by atoms with van der Waals surface area (Å²) >= 11 is 0. The maximum atomic E-state index is 11.8. The summed E-state index contributed by atoms with van der Waals surface area (Å²) in [5.74, 6) is 1.76. The number of benzene rings is 2. The lowest BCUT2D eigenvalue weighted by Crippen LogP contribution is -2.30. The fourth-order valence-corrected chi connectivity index (χ4v) is 4.37. The number of hydrogen-bond donors (Lipinski definition) is 0. The highest BCUT2D eigenvalue weighted by Crippen LogP contribution is 2.31. The lowest BCUT2D eigenvalue weighted by molar-refractivity contribution is -0.138. The van der Waals surface area contributed by atoms with Gasteiger partial charge in [-0.2, -0.15) is 0 Å². The second-order valence-electron chi connectivity index (χ2n) is 8.09. The molecule has 4 rings (SSSR count). The van der Waals surface area contributed by atoms with Crippen LogP contribution in [0.25, 0.3) is 0 Å². The number of anilines is 1. The fraction of sp³-hybridized carbons (Fsp3) is 0.440. The predicted molar refractivity (Wildman–Crippen MR) is 120 cm³/mol. The maximum Gasteiger partial charge on any atom is 0.229 e. The highest BCUT2D eigenvalue weighted by Gasteiger charge is 2.28. The first-order valence-electron chi connectivity index (χ1n) is 11.1. The second-order valence-corrected chi connectivity index (χ2v) is 8.09. The van der Waals surface area contributed by atoms with E-state index in [0.29, 0.717) is 19.4 Å². The Morgan fingerprint density at radius 1 is 1.06 bits per heavy atom. The zero-order valence-corrected chi connectivity index (χ0v) is 18.4. The number of carbonyl (C=O) groups is 2. The SMILES string of the molecule is CCN(Cc1ccc(CCCN2C(=O)CCC2=O)c(OC)c1)c1ccc2c(c1)CCO2. The van der Waals surface area contributed by atoms with Gasteiger partial charge in [-0.15, -0.1) is 0 Å². The van der Waals surface area contributed by atoms with Crippen molar-refractivity contribution in [1.29, 1.82) is 0 Å². The number of imide groups is 1. The van der Waals surface area contributed by atoms with E-state index in [-0.39, 0.29) is 11.8 Å². The largest absolute Gasteiger partial charge is 0.496 e. The molecule has 0 aromatic heterocycles. The predicted octanol–water partition coefficient (Wildman–Crippen LogP) is 3.74. The van der Waals surface area contributed by atoms with Crippen LogP contribution >= 0.6 is 0 Å². The van der Waals surface area contributed by atoms with Crippen molar-refractivity contribution in [2.24, 2.45) is 0 Å². The van der Waals surface area contributed by atoms with Crippen molar-refractivity contribution in [2.45, 2.75) is 45.6 Å². The molecule has 0 N–H and O–H groups in total. The van der Waals surface area contributed by atoms with E-state index in [9.17, 15) is 9.59 Å². The molecule has 0 aliphatic carbocycles. The normalized spacial score (nSPS) is 15.2. The highest BCUT2D eigenvalue weighted by atomic mass is 16.5. The van der Waals surface area contributed by atoms with E-state index in [0.717, 1.165) is 56.0 Å². The first-order chi connectivity index (χ1) is 15.1. The van der Waals surface area contributed by atoms with E-state index >= 15 is 0 Å². The number of methoxy groups -OCH3 is 1. The lowest BCUT2D eigenvalue weighted by atomic mass is 10.0. The Bertz CT molecular complexity index is 956. The van der Waals surface area contributed by atoms with Gasteiger partial charge in [0.05, 0.1) is 13.7 Å². The van der Waals surface area contributed by atoms with Crippen LogP contribution in [-0.2, 0) is 29.0 Å². The minimum Gasteiger partial charge on any atom is -0.496 e. The number of nitrogens with zero attached hydrogens (tertiary/aromatic N) is 2. The number of aryl methyl sites for hydroxylation is 1. The van der Waals surface area contributed by atoms with Gasteiger partial charge in [-0.25, -0.2) is 0 Å². The molecule has 31 heavy (non-hydrogen) atoms. The number of fused-ring (bicyclic) bond motifs is 1. The van der Waals surface area contributed by atoms with Gasteiger partial charge in [0.1, 0.15) is 11.5 Å². The van der Waals surface area contributed by atoms with Gasteiger partial charge in [0.15, 0.2) is 0 Å². The molecule has 164 valence electrons. The van der Waals surface area contributed by atoms with Gasteiger partial charge in [-0.1, -0.05) is 12.1 Å². The van der Waals surface area contributed by atoms with Gasteiger partial charge in [0.25, 0.3) is 0 Å². The van der Waals surface area contributed by atoms with Gasteiger partial charge in [-0.05, 0) is 60.7 Å². The molecule has 1 saturated heterocycles. The molecule has 2 aliphatic heterocycles. The molecular formula is C25H30N2O4. The second kappa shape index (κ2) is 9.41. The van der Waals surface area contributed by atoms with Gasteiger partial charge in [0, 0.05) is 44.6 Å². The molecule has 0 bridgehead atoms. The average Bonchev–Trinajstić information content (AvgIpc) is 3.38. The third-order valence-electron chi connectivity index (χ3n) is 6.13. The summed E-state index contributed by atoms with van der Waals surface area (Å²) in [7, 11) is 1.69. The molecule has 6 nitrogen and oxygen atoms in total. The maximum absolute atomic E-state index is 11.8. The molecule has 0 atom stereocenters. The number of carbonyl (C=O) groups excluding carboxylic acids is 2. The molecule has 1 fully saturated rings. The molecule has 2 aromatic carbocycles. The first-order valence-corrected chi connectivity index (χ1v) is 11.1. The summed E-state index contributed by atoms with van der Waals surface area (Å²) in [5, 5.41) is 0. The van der Waals surface area contributed by atoms with Crippen LogP contribution < -0.4 is 14.4 Å². The Morgan fingerprint density at radius 2 is 1.87 bits per heavy atom. The van der Waals surface area contributed by atoms with Crippen molar-refractivity contribution in [1.82, 2.24) is 4.90 Å². The van der Waals surface area contributed by atoms with Crippen LogP contribution in [0.1, 0.15) is 42.9 Å². The molecule has 0 radical (unpaired) electrons. The third-order valence-corrected chi connectivity index (χ3v) is 6.13. The Morgan fingerprint density at radius 3 is 2.61 bits per heavy atom. The van der Waals surface area contributed by atoms with Crippen molar-refractivity contribution in [3.05, 3.63) is 53.1 Å². The Balaban J connectivity index is 1.41. The minimum absolute atomic E-state index is 0.0508. The van der Waals surface area contributed by atoms with E-state index < -0.39 is 0 Å². The van der Waals surface area contributed by atoms with Gasteiger partial charge < -0.3 is 14.4 Å². The van der Waals surface area contributed by atoms with E-state index in [4.69, 9.17) is 9.47 Å². The monoisotopic (exact) mass is 422 g/mol. The molecule has 6 heteroatoms. The Hall–Kier alpha value is -3.02. The summed E-state index contributed by atoms with van der Waals surface area (Å²) in [4.78, 5) is 27.3. The zero-order chi connectivity index (χ0) is 21.8. The number of ether oxygens (including phenoxy) is 2. The molecule has 0 saturated carbocycles. The van der Waals surface area contributed by atoms with E-state index in [1.807, 2.05) is 0 Å². The molecule has 0 unspecified atom stereocenters. The number of rotatable bonds is 9. The van der Waals surface area contributed by atoms with E-state index in [1.165, 1.54) is 21.7 Å². The summed E-state index contributed by atoms with van der Waals surface area (Å²) in [6.07, 6.45) is 3.18. The standard InChI is InChI=1S/C25H30N2O4/c1-3-26(21-8-9-22-20(16-21)12-14-31-22)17-18-6-7-19(23(15-18)30-2)5-4-13-27-24(28)10-11-25(27)29/h6-9,15-16H,3-5,10-14,17H2,1-2H3. The molecular weight excluding hydrogens is 392 g/mol. The number of hydrogen-bond acceptors (Lipinski definition) is 5. The van der Waals surface area contributed by atoms with Crippen molar-refractivity contribution in [2.75, 3.05) is 31.7 Å². The Kier molecular flexibility index (Phi) is 6.44. The van der Waals surface area contributed by atoms with E-state index in [1.54, 1.807) is 7.11 Å². The summed E-state index contributed by atoms with van der Waals surface area (Å²) < 4.78 is 11.3. The molecule has 2 aliphatic rings. The summed E-state index contributed by atoms with van der Waals surface area (Å²) in [6, 6.07) is 12.8. The number of amides is 2. The van der Waals surface area contributed by atoms with Crippen LogP contribution in [-0.4, -0.2) is 43.5 Å². The van der Waals surface area contributed by atoms with Crippen LogP contribution in [0.2, 0.25) is 0 Å². The molecule has 0 spiro atoms. The van der Waals surface area contributed by atoms with Crippen LogP contribution in [0.5, 0.6) is 11.5 Å². The van der Waals surface area contributed by atoms with Crippen molar-refractivity contribution in [3.63, 3.8) is 0 Å². The lowest BCUT2D eigenvalue weighted by Gasteiger charge is -2.24. The van der Waals surface area contributed by atoms with Gasteiger partial charge in [0.2, 0.25) is 11.8 Å². The minimum atomic E-state index is -0.0508. The summed E-state index contributed by atoms with van der Waals surface area (Å²) in [6.45, 7) is 5.11. The quantitative estimate of drug-likeness (QED) is 0.576. The van der Waals surface area contributed by atoms with Crippen LogP contribution in [0.4, 0.5) is 5.69 Å². The highest BCUT2D eigenvalue weighted by molar-refractivity contribution is 6.01. The van der Waals surface area contributed by atoms with Crippen molar-refractivity contribution in [3.8, 4) is 11.5 Å². The first kappa shape index (κ1) is 21.2. The summed E-state index contributed by atoms with van der Waals surface area (Å²) in [5.41, 5.74) is 4.76. The zero-order valence-electron chi connectivity index (χ0n) is 18.4. The number of likely N-dealkylation sites (tertiary alicyclic amines) is 1.